The van der Waals surface area contributed by atoms with Gasteiger partial charge in [-0.15, -0.1) is 24.0 Å². The van der Waals surface area contributed by atoms with E-state index in [0.717, 1.165) is 42.5 Å². The summed E-state index contributed by atoms with van der Waals surface area (Å²) in [6, 6.07) is 7.57. The van der Waals surface area contributed by atoms with Gasteiger partial charge in [0.05, 0.1) is 6.21 Å². The monoisotopic (exact) mass is 392 g/mol. The van der Waals surface area contributed by atoms with Gasteiger partial charge >= 0.3 is 0 Å². The molecule has 6 heteroatoms. The normalized spacial score (nSPS) is 15.2. The Bertz CT molecular complexity index is 444. The van der Waals surface area contributed by atoms with E-state index in [4.69, 9.17) is 11.6 Å². The third-order valence-corrected chi connectivity index (χ3v) is 2.94. The Hall–Kier alpha value is -0.820. The summed E-state index contributed by atoms with van der Waals surface area (Å²) in [6.07, 6.45) is 4.08. The molecule has 0 amide bonds. The molecule has 0 fully saturated rings. The van der Waals surface area contributed by atoms with E-state index in [1.54, 1.807) is 11.2 Å². The topological polar surface area (TPSA) is 40.0 Å². The number of nitrogens with one attached hydrogen (secondary N) is 1. The molecule has 0 atom stereocenters. The molecular weight excluding hydrogens is 375 g/mol. The van der Waals surface area contributed by atoms with Crippen molar-refractivity contribution in [1.29, 1.82) is 0 Å². The highest BCUT2D eigenvalue weighted by molar-refractivity contribution is 14.0. The first-order chi connectivity index (χ1) is 8.75. The molecule has 1 aromatic rings. The fraction of sp³-hybridized carbons (Fsp3) is 0.385. The van der Waals surface area contributed by atoms with Crippen LogP contribution in [0.5, 0.6) is 0 Å². The summed E-state index contributed by atoms with van der Waals surface area (Å²) >= 11 is 5.83. The minimum Gasteiger partial charge on any atom is -0.355 e. The predicted octanol–water partition coefficient (Wildman–Crippen LogP) is 2.96. The van der Waals surface area contributed by atoms with E-state index in [0.29, 0.717) is 0 Å². The van der Waals surface area contributed by atoms with Crippen LogP contribution in [0.4, 0.5) is 0 Å². The Morgan fingerprint density at radius 2 is 2.05 bits per heavy atom. The number of aliphatic imine (C=N–C) groups is 1. The van der Waals surface area contributed by atoms with Crippen molar-refractivity contribution in [1.82, 2.24) is 10.3 Å². The van der Waals surface area contributed by atoms with Gasteiger partial charge in [0.1, 0.15) is 0 Å². The van der Waals surface area contributed by atoms with E-state index >= 15 is 0 Å². The van der Waals surface area contributed by atoms with Crippen molar-refractivity contribution in [3.8, 4) is 0 Å². The molecular formula is C13H18ClIN4. The summed E-state index contributed by atoms with van der Waals surface area (Å²) in [5.41, 5.74) is 1.01. The van der Waals surface area contributed by atoms with Crippen LogP contribution < -0.4 is 5.32 Å². The number of hydrazone groups is 1. The Labute approximate surface area is 135 Å². The number of hydrogen-bond donors (Lipinski definition) is 1. The lowest BCUT2D eigenvalue weighted by molar-refractivity contribution is 0.521. The van der Waals surface area contributed by atoms with Gasteiger partial charge in [-0.25, -0.2) is 5.01 Å². The van der Waals surface area contributed by atoms with E-state index in [1.165, 1.54) is 0 Å². The maximum Gasteiger partial charge on any atom is 0.214 e. The maximum atomic E-state index is 5.83. The van der Waals surface area contributed by atoms with Crippen molar-refractivity contribution in [2.75, 3.05) is 20.1 Å². The average molecular weight is 393 g/mol. The summed E-state index contributed by atoms with van der Waals surface area (Å²) in [4.78, 5) is 4.45. The zero-order valence-corrected chi connectivity index (χ0v) is 13.9. The van der Waals surface area contributed by atoms with Gasteiger partial charge in [0.25, 0.3) is 0 Å². The summed E-state index contributed by atoms with van der Waals surface area (Å²) in [5, 5.41) is 10.1. The van der Waals surface area contributed by atoms with Crippen molar-refractivity contribution < 1.29 is 0 Å². The summed E-state index contributed by atoms with van der Waals surface area (Å²) < 4.78 is 0. The van der Waals surface area contributed by atoms with Gasteiger partial charge in [0, 0.05) is 25.2 Å². The fourth-order valence-corrected chi connectivity index (χ4v) is 1.78. The van der Waals surface area contributed by atoms with Gasteiger partial charge in [-0.2, -0.15) is 5.10 Å². The van der Waals surface area contributed by atoms with Crippen molar-refractivity contribution >= 4 is 47.8 Å². The van der Waals surface area contributed by atoms with Gasteiger partial charge in [-0.3, -0.25) is 4.99 Å². The minimum absolute atomic E-state index is 0. The van der Waals surface area contributed by atoms with Crippen LogP contribution in [0.3, 0.4) is 0 Å². The first-order valence-electron chi connectivity index (χ1n) is 6.07. The van der Waals surface area contributed by atoms with Crippen LogP contribution in [0.25, 0.3) is 0 Å². The molecule has 0 aromatic heterocycles. The highest BCUT2D eigenvalue weighted by Gasteiger charge is 2.06. The number of halogens is 2. The lowest BCUT2D eigenvalue weighted by Gasteiger charge is -2.15. The molecule has 2 rings (SSSR count). The molecule has 0 radical (unpaired) electrons. The summed E-state index contributed by atoms with van der Waals surface area (Å²) in [6.45, 7) is 1.82. The fourth-order valence-electron chi connectivity index (χ4n) is 1.65. The molecule has 0 spiro atoms. The Morgan fingerprint density at radius 1 is 1.32 bits per heavy atom. The number of benzene rings is 1. The number of nitrogens with zero attached hydrogens (tertiary/aromatic N) is 3. The Kier molecular flexibility index (Phi) is 7.15. The maximum absolute atomic E-state index is 5.83. The van der Waals surface area contributed by atoms with Crippen LogP contribution in [-0.2, 0) is 0 Å². The molecule has 1 aliphatic rings. The van der Waals surface area contributed by atoms with Gasteiger partial charge < -0.3 is 5.32 Å². The van der Waals surface area contributed by atoms with Crippen LogP contribution in [0, 0.1) is 0 Å². The second-order valence-corrected chi connectivity index (χ2v) is 4.60. The zero-order valence-electron chi connectivity index (χ0n) is 10.8. The second-order valence-electron chi connectivity index (χ2n) is 4.16. The van der Waals surface area contributed by atoms with E-state index in [1.807, 2.05) is 31.3 Å². The molecule has 1 aromatic carbocycles. The molecule has 0 bridgehead atoms. The lowest BCUT2D eigenvalue weighted by atomic mass is 10.2. The minimum atomic E-state index is 0. The van der Waals surface area contributed by atoms with Crippen molar-refractivity contribution in [3.63, 3.8) is 0 Å². The van der Waals surface area contributed by atoms with Gasteiger partial charge in [-0.1, -0.05) is 23.7 Å². The third-order valence-electron chi connectivity index (χ3n) is 2.69. The van der Waals surface area contributed by atoms with Crippen LogP contribution in [0.1, 0.15) is 18.4 Å². The van der Waals surface area contributed by atoms with E-state index < -0.39 is 0 Å². The van der Waals surface area contributed by atoms with Crippen molar-refractivity contribution in [2.45, 2.75) is 12.8 Å². The predicted molar refractivity (Wildman–Crippen MR) is 91.8 cm³/mol. The summed E-state index contributed by atoms with van der Waals surface area (Å²) in [5.74, 6) is 0.831. The smallest absolute Gasteiger partial charge is 0.214 e. The molecule has 1 aliphatic heterocycles. The van der Waals surface area contributed by atoms with Crippen LogP contribution in [-0.4, -0.2) is 37.3 Å². The highest BCUT2D eigenvalue weighted by Crippen LogP contribution is 2.08. The molecule has 0 saturated heterocycles. The van der Waals surface area contributed by atoms with Crippen molar-refractivity contribution in [2.24, 2.45) is 10.1 Å². The number of hydrogen-bond acceptors (Lipinski definition) is 4. The van der Waals surface area contributed by atoms with Gasteiger partial charge in [0.15, 0.2) is 0 Å². The third kappa shape index (κ3) is 5.36. The average Bonchev–Trinajstić information content (AvgIpc) is 2.66. The molecule has 4 nitrogen and oxygen atoms in total. The molecule has 19 heavy (non-hydrogen) atoms. The zero-order chi connectivity index (χ0) is 12.8. The lowest BCUT2D eigenvalue weighted by Crippen LogP contribution is -2.35. The molecule has 0 aliphatic carbocycles. The number of rotatable bonds is 2. The molecule has 104 valence electrons. The first kappa shape index (κ1) is 16.2. The van der Waals surface area contributed by atoms with E-state index in [9.17, 15) is 0 Å². The Balaban J connectivity index is 0.00000180. The molecule has 0 saturated carbocycles. The quantitative estimate of drug-likeness (QED) is 0.477. The molecule has 0 unspecified atom stereocenters. The van der Waals surface area contributed by atoms with Crippen LogP contribution in [0.15, 0.2) is 34.4 Å². The first-order valence-corrected chi connectivity index (χ1v) is 6.45. The molecule has 1 N–H and O–H groups in total. The summed E-state index contributed by atoms with van der Waals surface area (Å²) in [7, 11) is 1.89. The largest absolute Gasteiger partial charge is 0.355 e. The standard InChI is InChI=1S/C13H17ClN4.HI/c1-18(13-15-8-2-3-9-16-13)17-10-11-4-6-12(14)7-5-11;/h4-7,10H,2-3,8-9H2,1H3,(H,15,16);1H/b17-10+;. The highest BCUT2D eigenvalue weighted by atomic mass is 127. The van der Waals surface area contributed by atoms with Gasteiger partial charge in [0.2, 0.25) is 5.96 Å². The second kappa shape index (κ2) is 8.37. The number of guanidine groups is 1. The molecule has 1 heterocycles. The van der Waals surface area contributed by atoms with Gasteiger partial charge in [-0.05, 0) is 30.5 Å². The Morgan fingerprint density at radius 3 is 2.79 bits per heavy atom. The van der Waals surface area contributed by atoms with E-state index in [2.05, 4.69) is 15.4 Å². The SMILES string of the molecule is CN(/N=C/c1ccc(Cl)cc1)C1=NCCCCN1.I. The van der Waals surface area contributed by atoms with E-state index in [-0.39, 0.29) is 24.0 Å². The van der Waals surface area contributed by atoms with Crippen LogP contribution >= 0.6 is 35.6 Å². The van der Waals surface area contributed by atoms with Crippen molar-refractivity contribution in [3.05, 3.63) is 34.9 Å². The van der Waals surface area contributed by atoms with Crippen LogP contribution in [0.2, 0.25) is 5.02 Å².